The van der Waals surface area contributed by atoms with Gasteiger partial charge in [-0.2, -0.15) is 0 Å². The molecule has 3 N–H and O–H groups in total. The van der Waals surface area contributed by atoms with Crippen molar-refractivity contribution in [2.75, 3.05) is 5.84 Å². The number of aromatic nitrogens is 3. The summed E-state index contributed by atoms with van der Waals surface area (Å²) in [4.78, 5) is 12.6. The third-order valence-electron chi connectivity index (χ3n) is 5.19. The highest BCUT2D eigenvalue weighted by Crippen LogP contribution is 2.28. The molecule has 7 nitrogen and oxygen atoms in total. The number of carbonyl (C=O) groups is 1. The van der Waals surface area contributed by atoms with E-state index < -0.39 is 0 Å². The van der Waals surface area contributed by atoms with Gasteiger partial charge in [-0.05, 0) is 49.4 Å². The van der Waals surface area contributed by atoms with Gasteiger partial charge >= 0.3 is 0 Å². The molecule has 1 amide bonds. The predicted molar refractivity (Wildman–Crippen MR) is 128 cm³/mol. The number of nitrogen functional groups attached to an aromatic ring is 1. The van der Waals surface area contributed by atoms with E-state index in [1.54, 1.807) is 0 Å². The summed E-state index contributed by atoms with van der Waals surface area (Å²) in [5.74, 6) is 7.76. The fourth-order valence-corrected chi connectivity index (χ4v) is 4.04. The molecule has 0 fully saturated rings. The largest absolute Gasteiger partial charge is 0.485 e. The lowest BCUT2D eigenvalue weighted by Crippen LogP contribution is -2.33. The molecule has 0 aliphatic rings. The molecule has 0 aliphatic heterocycles. The van der Waals surface area contributed by atoms with E-state index >= 15 is 0 Å². The molecule has 2 atom stereocenters. The molecular weight excluding hydrogens is 422 g/mol. The Labute approximate surface area is 193 Å². The number of nitrogens with zero attached hydrogens (tertiary/aromatic N) is 3. The standard InChI is InChI=1S/C24H31N5O2S/c1-15(2)20-12-11-16(3)13-21(20)31-14-22-27-28-24(29(22)25)32-18(5)23(30)26-17(4)19-9-7-6-8-10-19/h6-13,15,17-18H,14,25H2,1-5H3,(H,26,30). The number of nitrogens with two attached hydrogens (primary N) is 1. The lowest BCUT2D eigenvalue weighted by Gasteiger charge is -2.17. The minimum absolute atomic E-state index is 0.0871. The molecule has 1 aromatic heterocycles. The maximum Gasteiger partial charge on any atom is 0.233 e. The van der Waals surface area contributed by atoms with Crippen molar-refractivity contribution >= 4 is 17.7 Å². The van der Waals surface area contributed by atoms with Gasteiger partial charge in [0.15, 0.2) is 5.82 Å². The number of hydrogen-bond acceptors (Lipinski definition) is 6. The Bertz CT molecular complexity index is 1050. The van der Waals surface area contributed by atoms with Gasteiger partial charge in [0.25, 0.3) is 0 Å². The third-order valence-corrected chi connectivity index (χ3v) is 6.25. The second kappa shape index (κ2) is 10.5. The number of hydrogen-bond donors (Lipinski definition) is 2. The number of aryl methyl sites for hydroxylation is 1. The van der Waals surface area contributed by atoms with Crippen LogP contribution in [0.25, 0.3) is 0 Å². The zero-order valence-electron chi connectivity index (χ0n) is 19.2. The fourth-order valence-electron chi connectivity index (χ4n) is 3.24. The zero-order valence-corrected chi connectivity index (χ0v) is 20.0. The number of ether oxygens (including phenoxy) is 1. The van der Waals surface area contributed by atoms with E-state index in [4.69, 9.17) is 10.6 Å². The minimum Gasteiger partial charge on any atom is -0.485 e. The first-order chi connectivity index (χ1) is 15.3. The van der Waals surface area contributed by atoms with Crippen LogP contribution in [-0.4, -0.2) is 26.0 Å². The van der Waals surface area contributed by atoms with Crippen LogP contribution >= 0.6 is 11.8 Å². The topological polar surface area (TPSA) is 95.1 Å². The Kier molecular flexibility index (Phi) is 7.80. The van der Waals surface area contributed by atoms with Gasteiger partial charge in [-0.15, -0.1) is 10.2 Å². The van der Waals surface area contributed by atoms with E-state index in [9.17, 15) is 4.79 Å². The fraction of sp³-hybridized carbons (Fsp3) is 0.375. The van der Waals surface area contributed by atoms with Gasteiger partial charge in [0, 0.05) is 0 Å². The Morgan fingerprint density at radius 1 is 1.12 bits per heavy atom. The van der Waals surface area contributed by atoms with Gasteiger partial charge < -0.3 is 15.9 Å². The quantitative estimate of drug-likeness (QED) is 0.369. The predicted octanol–water partition coefficient (Wildman–Crippen LogP) is 4.36. The molecule has 2 unspecified atom stereocenters. The summed E-state index contributed by atoms with van der Waals surface area (Å²) in [5.41, 5.74) is 3.31. The van der Waals surface area contributed by atoms with Gasteiger partial charge in [0.1, 0.15) is 12.4 Å². The molecule has 8 heteroatoms. The van der Waals surface area contributed by atoms with Gasteiger partial charge in [0.2, 0.25) is 11.1 Å². The Morgan fingerprint density at radius 3 is 2.53 bits per heavy atom. The van der Waals surface area contributed by atoms with E-state index in [1.807, 2.05) is 57.2 Å². The average molecular weight is 454 g/mol. The molecule has 0 aliphatic carbocycles. The highest BCUT2D eigenvalue weighted by Gasteiger charge is 2.21. The van der Waals surface area contributed by atoms with Crippen LogP contribution in [0.1, 0.15) is 62.2 Å². The average Bonchev–Trinajstić information content (AvgIpc) is 3.11. The lowest BCUT2D eigenvalue weighted by molar-refractivity contribution is -0.120. The van der Waals surface area contributed by atoms with Gasteiger partial charge in [-0.1, -0.05) is 68.1 Å². The number of amides is 1. The highest BCUT2D eigenvalue weighted by molar-refractivity contribution is 8.00. The molecule has 3 rings (SSSR count). The van der Waals surface area contributed by atoms with E-state index in [-0.39, 0.29) is 23.8 Å². The molecule has 0 radical (unpaired) electrons. The molecule has 0 saturated heterocycles. The second-order valence-corrected chi connectivity index (χ2v) is 9.46. The summed E-state index contributed by atoms with van der Waals surface area (Å²) in [6.07, 6.45) is 0. The smallest absolute Gasteiger partial charge is 0.233 e. The monoisotopic (exact) mass is 453 g/mol. The first kappa shape index (κ1) is 23.7. The van der Waals surface area contributed by atoms with Crippen molar-refractivity contribution in [3.63, 3.8) is 0 Å². The van der Waals surface area contributed by atoms with Gasteiger partial charge in [-0.25, -0.2) is 4.68 Å². The summed E-state index contributed by atoms with van der Waals surface area (Å²) in [6.45, 7) is 10.3. The van der Waals surface area contributed by atoms with Crippen molar-refractivity contribution in [3.8, 4) is 5.75 Å². The Morgan fingerprint density at radius 2 is 1.84 bits per heavy atom. The van der Waals surface area contributed by atoms with Crippen molar-refractivity contribution in [1.82, 2.24) is 20.2 Å². The minimum atomic E-state index is -0.384. The number of carbonyl (C=O) groups excluding carboxylic acids is 1. The Hall–Kier alpha value is -3.00. The number of thioether (sulfide) groups is 1. The first-order valence-electron chi connectivity index (χ1n) is 10.7. The summed E-state index contributed by atoms with van der Waals surface area (Å²) in [5, 5.41) is 11.4. The van der Waals surface area contributed by atoms with E-state index in [0.717, 1.165) is 22.4 Å². The van der Waals surface area contributed by atoms with Crippen LogP contribution < -0.4 is 15.9 Å². The normalized spacial score (nSPS) is 13.1. The van der Waals surface area contributed by atoms with Gasteiger partial charge in [0.05, 0.1) is 11.3 Å². The second-order valence-electron chi connectivity index (χ2n) is 8.15. The SMILES string of the molecule is Cc1ccc(C(C)C)c(OCc2nnc(SC(C)C(=O)NC(C)c3ccccc3)n2N)c1. The van der Waals surface area contributed by atoms with Crippen LogP contribution in [0.15, 0.2) is 53.7 Å². The summed E-state index contributed by atoms with van der Waals surface area (Å²) in [6, 6.07) is 15.9. The van der Waals surface area contributed by atoms with Crippen molar-refractivity contribution < 1.29 is 9.53 Å². The van der Waals surface area contributed by atoms with E-state index in [2.05, 4.69) is 41.5 Å². The summed E-state index contributed by atoms with van der Waals surface area (Å²) >= 11 is 1.27. The van der Waals surface area contributed by atoms with Crippen molar-refractivity contribution in [1.29, 1.82) is 0 Å². The molecule has 1 heterocycles. The van der Waals surface area contributed by atoms with Crippen LogP contribution in [0.4, 0.5) is 0 Å². The van der Waals surface area contributed by atoms with E-state index in [0.29, 0.717) is 16.9 Å². The Balaban J connectivity index is 1.61. The highest BCUT2D eigenvalue weighted by atomic mass is 32.2. The van der Waals surface area contributed by atoms with Crippen LogP contribution in [0.5, 0.6) is 5.75 Å². The molecule has 32 heavy (non-hydrogen) atoms. The maximum atomic E-state index is 12.6. The molecule has 170 valence electrons. The molecule has 2 aromatic carbocycles. The first-order valence-corrected chi connectivity index (χ1v) is 11.6. The van der Waals surface area contributed by atoms with Crippen LogP contribution in [0.3, 0.4) is 0 Å². The lowest BCUT2D eigenvalue weighted by atomic mass is 10.0. The summed E-state index contributed by atoms with van der Waals surface area (Å²) < 4.78 is 7.41. The molecule has 3 aromatic rings. The molecule has 0 saturated carbocycles. The number of rotatable bonds is 9. The van der Waals surface area contributed by atoms with Crippen LogP contribution in [0, 0.1) is 6.92 Å². The zero-order chi connectivity index (χ0) is 23.3. The number of nitrogens with one attached hydrogen (secondary N) is 1. The third kappa shape index (κ3) is 5.82. The molecule has 0 bridgehead atoms. The van der Waals surface area contributed by atoms with Crippen LogP contribution in [-0.2, 0) is 11.4 Å². The van der Waals surface area contributed by atoms with Gasteiger partial charge in [-0.3, -0.25) is 4.79 Å². The number of benzene rings is 2. The van der Waals surface area contributed by atoms with E-state index in [1.165, 1.54) is 16.4 Å². The maximum absolute atomic E-state index is 12.6. The van der Waals surface area contributed by atoms with Crippen LogP contribution in [0.2, 0.25) is 0 Å². The molecular formula is C24H31N5O2S. The summed E-state index contributed by atoms with van der Waals surface area (Å²) in [7, 11) is 0. The van der Waals surface area contributed by atoms with Crippen molar-refractivity contribution in [2.45, 2.75) is 63.6 Å². The van der Waals surface area contributed by atoms with Crippen molar-refractivity contribution in [2.24, 2.45) is 0 Å². The molecule has 0 spiro atoms. The van der Waals surface area contributed by atoms with Crippen molar-refractivity contribution in [3.05, 3.63) is 71.0 Å².